The van der Waals surface area contributed by atoms with Gasteiger partial charge in [0.05, 0.1) is 0 Å². The molecule has 0 unspecified atom stereocenters. The van der Waals surface area contributed by atoms with Gasteiger partial charge in [0, 0.05) is 23.5 Å². The Hall–Kier alpha value is -1.65. The molecule has 78 valence electrons. The first-order valence-corrected chi connectivity index (χ1v) is 4.45. The molecule has 0 radical (unpaired) electrons. The fourth-order valence-electron chi connectivity index (χ4n) is 1.41. The summed E-state index contributed by atoms with van der Waals surface area (Å²) >= 11 is 0. The van der Waals surface area contributed by atoms with Gasteiger partial charge in [-0.2, -0.15) is 0 Å². The Labute approximate surface area is 85.8 Å². The van der Waals surface area contributed by atoms with Gasteiger partial charge in [-0.15, -0.1) is 0 Å². The van der Waals surface area contributed by atoms with Crippen LogP contribution in [0.15, 0.2) is 42.7 Å². The monoisotopic (exact) mass is 207 g/mol. The molecule has 15 heavy (non-hydrogen) atoms. The molecule has 0 bridgehead atoms. The number of aromatic amines is 1. The van der Waals surface area contributed by atoms with E-state index in [0.717, 1.165) is 6.07 Å². The van der Waals surface area contributed by atoms with E-state index >= 15 is 0 Å². The van der Waals surface area contributed by atoms with Gasteiger partial charge < -0.3 is 15.2 Å². The molecule has 1 aromatic carbocycles. The van der Waals surface area contributed by atoms with Gasteiger partial charge in [-0.05, 0) is 18.2 Å². The third-order valence-electron chi connectivity index (χ3n) is 2.23. The van der Waals surface area contributed by atoms with Gasteiger partial charge in [-0.3, -0.25) is 0 Å². The second kappa shape index (κ2) is 3.49. The smallest absolute Gasteiger partial charge is 0.218 e. The van der Waals surface area contributed by atoms with Gasteiger partial charge >= 0.3 is 0 Å². The number of halogens is 1. The van der Waals surface area contributed by atoms with E-state index < -0.39 is 11.6 Å². The molecule has 0 spiro atoms. The van der Waals surface area contributed by atoms with Crippen molar-refractivity contribution < 1.29 is 14.6 Å². The van der Waals surface area contributed by atoms with Crippen LogP contribution in [0.25, 0.3) is 0 Å². The van der Waals surface area contributed by atoms with Crippen molar-refractivity contribution in [1.82, 2.24) is 4.98 Å². The molecule has 3 nitrogen and oxygen atoms in total. The molecule has 0 fully saturated rings. The van der Waals surface area contributed by atoms with Crippen LogP contribution < -0.4 is 0 Å². The first-order chi connectivity index (χ1) is 7.10. The minimum atomic E-state index is -2.16. The van der Waals surface area contributed by atoms with E-state index in [4.69, 9.17) is 0 Å². The lowest BCUT2D eigenvalue weighted by atomic mass is 10.0. The van der Waals surface area contributed by atoms with Crippen molar-refractivity contribution in [3.63, 3.8) is 0 Å². The predicted octanol–water partition coefficient (Wildman–Crippen LogP) is 1.34. The Balaban J connectivity index is 2.46. The largest absolute Gasteiger partial charge is 0.367 e. The number of aromatic nitrogens is 1. The summed E-state index contributed by atoms with van der Waals surface area (Å²) in [6, 6.07) is 6.74. The summed E-state index contributed by atoms with van der Waals surface area (Å²) in [7, 11) is 0. The molecule has 0 saturated heterocycles. The molecule has 0 aliphatic rings. The summed E-state index contributed by atoms with van der Waals surface area (Å²) in [5, 5.41) is 19.7. The van der Waals surface area contributed by atoms with Crippen LogP contribution in [-0.2, 0) is 5.79 Å². The molecule has 2 aromatic rings. The minimum Gasteiger partial charge on any atom is -0.367 e. The average Bonchev–Trinajstić information content (AvgIpc) is 2.71. The van der Waals surface area contributed by atoms with Crippen molar-refractivity contribution in [2.45, 2.75) is 5.79 Å². The SMILES string of the molecule is OC(O)(c1cc[nH]c1)c1cccc(F)c1. The lowest BCUT2D eigenvalue weighted by Gasteiger charge is -2.20. The van der Waals surface area contributed by atoms with Gasteiger partial charge in [0.1, 0.15) is 5.82 Å². The fraction of sp³-hybridized carbons (Fsp3) is 0.0909. The van der Waals surface area contributed by atoms with Crippen molar-refractivity contribution in [2.24, 2.45) is 0 Å². The molecule has 1 aromatic heterocycles. The maximum Gasteiger partial charge on any atom is 0.218 e. The highest BCUT2D eigenvalue weighted by molar-refractivity contribution is 5.31. The van der Waals surface area contributed by atoms with E-state index in [-0.39, 0.29) is 11.1 Å². The van der Waals surface area contributed by atoms with Crippen LogP contribution in [0.1, 0.15) is 11.1 Å². The Morgan fingerprint density at radius 2 is 1.93 bits per heavy atom. The minimum absolute atomic E-state index is 0.0992. The molecule has 0 amide bonds. The Morgan fingerprint density at radius 3 is 2.53 bits per heavy atom. The summed E-state index contributed by atoms with van der Waals surface area (Å²) in [4.78, 5) is 2.71. The van der Waals surface area contributed by atoms with Crippen molar-refractivity contribution in [3.8, 4) is 0 Å². The summed E-state index contributed by atoms with van der Waals surface area (Å²) in [6.07, 6.45) is 3.01. The number of nitrogens with one attached hydrogen (secondary N) is 1. The lowest BCUT2D eigenvalue weighted by molar-refractivity contribution is -0.132. The van der Waals surface area contributed by atoms with Crippen LogP contribution in [0, 0.1) is 5.82 Å². The Kier molecular flexibility index (Phi) is 2.30. The van der Waals surface area contributed by atoms with Gasteiger partial charge in [-0.25, -0.2) is 4.39 Å². The van der Waals surface area contributed by atoms with E-state index in [1.807, 2.05) is 0 Å². The summed E-state index contributed by atoms with van der Waals surface area (Å²) in [6.45, 7) is 0. The predicted molar refractivity (Wildman–Crippen MR) is 52.4 cm³/mol. The van der Waals surface area contributed by atoms with Gasteiger partial charge in [0.2, 0.25) is 5.79 Å². The Morgan fingerprint density at radius 1 is 1.13 bits per heavy atom. The van der Waals surface area contributed by atoms with Crippen LogP contribution >= 0.6 is 0 Å². The van der Waals surface area contributed by atoms with Gasteiger partial charge in [0.15, 0.2) is 0 Å². The molecule has 0 saturated carbocycles. The summed E-state index contributed by atoms with van der Waals surface area (Å²) in [5.41, 5.74) is 0.371. The maximum absolute atomic E-state index is 12.9. The number of hydrogen-bond donors (Lipinski definition) is 3. The zero-order valence-corrected chi connectivity index (χ0v) is 7.81. The van der Waals surface area contributed by atoms with Crippen LogP contribution in [-0.4, -0.2) is 15.2 Å². The number of H-pyrrole nitrogens is 1. The second-order valence-corrected chi connectivity index (χ2v) is 3.28. The first kappa shape index (κ1) is 9.89. The third kappa shape index (κ3) is 1.77. The van der Waals surface area contributed by atoms with Gasteiger partial charge in [0.25, 0.3) is 0 Å². The number of benzene rings is 1. The average molecular weight is 207 g/mol. The molecule has 0 aliphatic carbocycles. The Bertz CT molecular complexity index is 451. The van der Waals surface area contributed by atoms with E-state index in [0.29, 0.717) is 0 Å². The van der Waals surface area contributed by atoms with Crippen molar-refractivity contribution in [2.75, 3.05) is 0 Å². The van der Waals surface area contributed by atoms with Crippen LogP contribution in [0.2, 0.25) is 0 Å². The highest BCUT2D eigenvalue weighted by Crippen LogP contribution is 2.26. The van der Waals surface area contributed by atoms with E-state index in [2.05, 4.69) is 4.98 Å². The van der Waals surface area contributed by atoms with Crippen LogP contribution in [0.4, 0.5) is 4.39 Å². The van der Waals surface area contributed by atoms with E-state index in [9.17, 15) is 14.6 Å². The van der Waals surface area contributed by atoms with Crippen molar-refractivity contribution >= 4 is 0 Å². The standard InChI is InChI=1S/C11H10FNO2/c12-10-3-1-2-8(6-10)11(14,15)9-4-5-13-7-9/h1-7,13-15H. The molecule has 3 N–H and O–H groups in total. The molecule has 0 aliphatic heterocycles. The third-order valence-corrected chi connectivity index (χ3v) is 2.23. The summed E-state index contributed by atoms with van der Waals surface area (Å²) < 4.78 is 12.9. The topological polar surface area (TPSA) is 56.2 Å². The lowest BCUT2D eigenvalue weighted by Crippen LogP contribution is -2.25. The second-order valence-electron chi connectivity index (χ2n) is 3.28. The molecular weight excluding hydrogens is 197 g/mol. The molecule has 0 atom stereocenters. The number of aliphatic hydroxyl groups is 2. The van der Waals surface area contributed by atoms with E-state index in [1.165, 1.54) is 30.5 Å². The zero-order chi connectivity index (χ0) is 10.9. The highest BCUT2D eigenvalue weighted by Gasteiger charge is 2.28. The quantitative estimate of drug-likeness (QED) is 0.651. The van der Waals surface area contributed by atoms with Crippen molar-refractivity contribution in [1.29, 1.82) is 0 Å². The fourth-order valence-corrected chi connectivity index (χ4v) is 1.41. The number of hydrogen-bond acceptors (Lipinski definition) is 2. The molecular formula is C11H10FNO2. The molecule has 2 rings (SSSR count). The van der Waals surface area contributed by atoms with Gasteiger partial charge in [-0.1, -0.05) is 12.1 Å². The zero-order valence-electron chi connectivity index (χ0n) is 7.81. The van der Waals surface area contributed by atoms with E-state index in [1.54, 1.807) is 6.20 Å². The highest BCUT2D eigenvalue weighted by atomic mass is 19.1. The number of rotatable bonds is 2. The first-order valence-electron chi connectivity index (χ1n) is 4.45. The van der Waals surface area contributed by atoms with Crippen LogP contribution in [0.5, 0.6) is 0 Å². The summed E-state index contributed by atoms with van der Waals surface area (Å²) in [5.74, 6) is -2.67. The molecule has 4 heteroatoms. The van der Waals surface area contributed by atoms with Crippen LogP contribution in [0.3, 0.4) is 0 Å². The normalized spacial score (nSPS) is 11.7. The van der Waals surface area contributed by atoms with Crippen molar-refractivity contribution in [3.05, 3.63) is 59.7 Å². The molecule has 1 heterocycles. The maximum atomic E-state index is 12.9.